The maximum atomic E-state index is 9.05. The number of hydrogen-bond donors (Lipinski definition) is 0. The Labute approximate surface area is 119 Å². The summed E-state index contributed by atoms with van der Waals surface area (Å²) in [7, 11) is 0. The highest BCUT2D eigenvalue weighted by molar-refractivity contribution is 9.10. The van der Waals surface area contributed by atoms with Gasteiger partial charge in [0, 0.05) is 0 Å². The van der Waals surface area contributed by atoms with Gasteiger partial charge in [0.05, 0.1) is 28.4 Å². The first-order valence-electron chi connectivity index (χ1n) is 5.85. The molecule has 4 heteroatoms. The number of para-hydroxylation sites is 2. The minimum atomic E-state index is 0.644. The smallest absolute Gasteiger partial charge is 0.182 e. The number of nitrogens with zero attached hydrogens (tertiary/aromatic N) is 3. The van der Waals surface area contributed by atoms with Crippen molar-refractivity contribution in [2.24, 2.45) is 0 Å². The van der Waals surface area contributed by atoms with Crippen LogP contribution in [-0.2, 0) is 0 Å². The highest BCUT2D eigenvalue weighted by Gasteiger charge is 2.12. The molecule has 0 amide bonds. The normalized spacial score (nSPS) is 10.6. The first kappa shape index (κ1) is 11.9. The molecule has 0 saturated carbocycles. The highest BCUT2D eigenvalue weighted by Crippen LogP contribution is 2.27. The quantitative estimate of drug-likeness (QED) is 0.682. The van der Waals surface area contributed by atoms with Crippen LogP contribution in [0.15, 0.2) is 47.2 Å². The summed E-state index contributed by atoms with van der Waals surface area (Å²) >= 11 is 3.50. The Morgan fingerprint density at radius 1 is 1.21 bits per heavy atom. The van der Waals surface area contributed by atoms with E-state index in [1.165, 1.54) is 0 Å². The Hall–Kier alpha value is -2.12. The van der Waals surface area contributed by atoms with Crippen LogP contribution < -0.4 is 0 Å². The zero-order valence-electron chi connectivity index (χ0n) is 10.3. The molecule has 1 aromatic heterocycles. The van der Waals surface area contributed by atoms with Crippen molar-refractivity contribution in [2.75, 3.05) is 0 Å². The van der Waals surface area contributed by atoms with Crippen molar-refractivity contribution in [3.8, 4) is 11.8 Å². The van der Waals surface area contributed by atoms with Crippen molar-refractivity contribution in [3.05, 3.63) is 58.3 Å². The molecular weight excluding hydrogens is 302 g/mol. The van der Waals surface area contributed by atoms with Crippen molar-refractivity contribution >= 4 is 27.0 Å². The molecule has 0 saturated heterocycles. The Balaban J connectivity index is 2.36. The van der Waals surface area contributed by atoms with E-state index in [4.69, 9.17) is 5.26 Å². The molecule has 0 aliphatic rings. The van der Waals surface area contributed by atoms with Crippen LogP contribution in [0.2, 0.25) is 0 Å². The number of halogens is 1. The molecule has 0 fully saturated rings. The number of aryl methyl sites for hydroxylation is 1. The number of aromatic nitrogens is 2. The van der Waals surface area contributed by atoms with Gasteiger partial charge in [-0.05, 0) is 52.7 Å². The summed E-state index contributed by atoms with van der Waals surface area (Å²) in [5.41, 5.74) is 4.66. The van der Waals surface area contributed by atoms with Crippen LogP contribution >= 0.6 is 15.9 Å². The monoisotopic (exact) mass is 311 g/mol. The first-order chi connectivity index (χ1) is 9.20. The van der Waals surface area contributed by atoms with Crippen LogP contribution in [0.1, 0.15) is 11.1 Å². The lowest BCUT2D eigenvalue weighted by atomic mass is 10.1. The highest BCUT2D eigenvalue weighted by atomic mass is 79.9. The van der Waals surface area contributed by atoms with Crippen molar-refractivity contribution < 1.29 is 0 Å². The molecule has 0 aliphatic heterocycles. The van der Waals surface area contributed by atoms with Gasteiger partial charge in [0.2, 0.25) is 0 Å². The van der Waals surface area contributed by atoms with E-state index in [2.05, 4.69) is 27.0 Å². The van der Waals surface area contributed by atoms with E-state index < -0.39 is 0 Å². The molecule has 0 unspecified atom stereocenters. The van der Waals surface area contributed by atoms with E-state index in [-0.39, 0.29) is 0 Å². The van der Waals surface area contributed by atoms with Crippen LogP contribution in [0, 0.1) is 18.3 Å². The topological polar surface area (TPSA) is 41.6 Å². The van der Waals surface area contributed by atoms with Gasteiger partial charge in [-0.15, -0.1) is 0 Å². The van der Waals surface area contributed by atoms with E-state index in [1.54, 1.807) is 0 Å². The summed E-state index contributed by atoms with van der Waals surface area (Å²) in [4.78, 5) is 4.48. The van der Waals surface area contributed by atoms with Crippen molar-refractivity contribution in [1.82, 2.24) is 9.55 Å². The van der Waals surface area contributed by atoms with Crippen LogP contribution in [0.3, 0.4) is 0 Å². The Morgan fingerprint density at radius 3 is 2.79 bits per heavy atom. The fourth-order valence-electron chi connectivity index (χ4n) is 2.15. The van der Waals surface area contributed by atoms with E-state index >= 15 is 0 Å². The molecule has 0 radical (unpaired) electrons. The Morgan fingerprint density at radius 2 is 2.00 bits per heavy atom. The summed E-state index contributed by atoms with van der Waals surface area (Å²) in [6, 6.07) is 15.8. The predicted octanol–water partition coefficient (Wildman–Crippen LogP) is 3.97. The lowest BCUT2D eigenvalue weighted by molar-refractivity contribution is 1.03. The molecule has 19 heavy (non-hydrogen) atoms. The van der Waals surface area contributed by atoms with E-state index in [1.807, 2.05) is 54.0 Å². The zero-order valence-corrected chi connectivity index (χ0v) is 11.8. The molecule has 0 N–H and O–H groups in total. The lowest BCUT2D eigenvalue weighted by Crippen LogP contribution is -1.98. The van der Waals surface area contributed by atoms with Crippen LogP contribution in [-0.4, -0.2) is 9.55 Å². The molecule has 3 aromatic rings. The second kappa shape index (κ2) is 4.52. The van der Waals surface area contributed by atoms with Gasteiger partial charge >= 0.3 is 0 Å². The SMILES string of the molecule is Cc1ccc(C#N)cc1-n1c(Br)nc2ccccc21. The predicted molar refractivity (Wildman–Crippen MR) is 78.2 cm³/mol. The average Bonchev–Trinajstić information content (AvgIpc) is 2.75. The summed E-state index contributed by atoms with van der Waals surface area (Å²) in [6.45, 7) is 2.03. The van der Waals surface area contributed by atoms with Crippen LogP contribution in [0.25, 0.3) is 16.7 Å². The van der Waals surface area contributed by atoms with Gasteiger partial charge in [-0.2, -0.15) is 5.26 Å². The second-order valence-electron chi connectivity index (χ2n) is 4.32. The number of fused-ring (bicyclic) bond motifs is 1. The van der Waals surface area contributed by atoms with Crippen molar-refractivity contribution in [3.63, 3.8) is 0 Å². The minimum absolute atomic E-state index is 0.644. The molecule has 0 atom stereocenters. The maximum Gasteiger partial charge on any atom is 0.182 e. The molecule has 3 nitrogen and oxygen atoms in total. The number of nitriles is 1. The average molecular weight is 312 g/mol. The molecule has 0 bridgehead atoms. The van der Waals surface area contributed by atoms with Crippen molar-refractivity contribution in [2.45, 2.75) is 6.92 Å². The third kappa shape index (κ3) is 1.92. The van der Waals surface area contributed by atoms with Gasteiger partial charge in [0.15, 0.2) is 4.73 Å². The third-order valence-corrected chi connectivity index (χ3v) is 3.63. The van der Waals surface area contributed by atoms with Gasteiger partial charge in [0.1, 0.15) is 0 Å². The second-order valence-corrected chi connectivity index (χ2v) is 5.03. The standard InChI is InChI=1S/C15H10BrN3/c1-10-6-7-11(9-17)8-14(10)19-13-5-3-2-4-12(13)18-15(19)16/h2-8H,1H3. The summed E-state index contributed by atoms with van der Waals surface area (Å²) < 4.78 is 2.76. The largest absolute Gasteiger partial charge is 0.287 e. The molecule has 92 valence electrons. The number of hydrogen-bond acceptors (Lipinski definition) is 2. The Kier molecular flexibility index (Phi) is 2.84. The van der Waals surface area contributed by atoms with Gasteiger partial charge in [0.25, 0.3) is 0 Å². The van der Waals surface area contributed by atoms with Crippen LogP contribution in [0.5, 0.6) is 0 Å². The van der Waals surface area contributed by atoms with Gasteiger partial charge in [-0.3, -0.25) is 4.57 Å². The van der Waals surface area contributed by atoms with Gasteiger partial charge in [-0.25, -0.2) is 4.98 Å². The zero-order chi connectivity index (χ0) is 13.4. The fourth-order valence-corrected chi connectivity index (χ4v) is 2.72. The molecule has 3 rings (SSSR count). The van der Waals surface area contributed by atoms with E-state index in [9.17, 15) is 0 Å². The molecule has 2 aromatic carbocycles. The van der Waals surface area contributed by atoms with E-state index in [0.717, 1.165) is 27.0 Å². The fraction of sp³-hybridized carbons (Fsp3) is 0.0667. The van der Waals surface area contributed by atoms with Gasteiger partial charge < -0.3 is 0 Å². The molecule has 0 spiro atoms. The molecule has 0 aliphatic carbocycles. The summed E-state index contributed by atoms with van der Waals surface area (Å²) in [6.07, 6.45) is 0. The van der Waals surface area contributed by atoms with E-state index in [0.29, 0.717) is 5.56 Å². The molecular formula is C15H10BrN3. The summed E-state index contributed by atoms with van der Waals surface area (Å²) in [5.74, 6) is 0. The Bertz CT molecular complexity index is 812. The third-order valence-electron chi connectivity index (χ3n) is 3.10. The van der Waals surface area contributed by atoms with Crippen molar-refractivity contribution in [1.29, 1.82) is 5.26 Å². The number of imidazole rings is 1. The lowest BCUT2D eigenvalue weighted by Gasteiger charge is -2.10. The summed E-state index contributed by atoms with van der Waals surface area (Å²) in [5, 5.41) is 9.05. The van der Waals surface area contributed by atoms with Crippen LogP contribution in [0.4, 0.5) is 0 Å². The maximum absolute atomic E-state index is 9.05. The van der Waals surface area contributed by atoms with Gasteiger partial charge in [-0.1, -0.05) is 18.2 Å². The number of rotatable bonds is 1. The first-order valence-corrected chi connectivity index (χ1v) is 6.64. The number of benzene rings is 2. The minimum Gasteiger partial charge on any atom is -0.287 e. The molecule has 1 heterocycles.